The molecule has 0 saturated heterocycles. The monoisotopic (exact) mass is 128 g/mol. The predicted molar refractivity (Wildman–Crippen MR) is 30.5 cm³/mol. The summed E-state index contributed by atoms with van der Waals surface area (Å²) in [7, 11) is 0. The molecular formula is C6H8O3. The molecule has 1 rings (SSSR count). The van der Waals surface area contributed by atoms with Crippen LogP contribution in [0, 0.1) is 0 Å². The maximum Gasteiger partial charge on any atom is 0.340 e. The van der Waals surface area contributed by atoms with Crippen LogP contribution in [0.1, 0.15) is 13.3 Å². The number of allylic oxidation sites excluding steroid dienone is 1. The molecule has 0 spiro atoms. The molecule has 0 radical (unpaired) electrons. The Kier molecular flexibility index (Phi) is 1.53. The number of ether oxygens (including phenoxy) is 1. The molecule has 0 saturated carbocycles. The van der Waals surface area contributed by atoms with Crippen LogP contribution in [0.25, 0.3) is 0 Å². The van der Waals surface area contributed by atoms with E-state index in [-0.39, 0.29) is 0 Å². The standard InChI is InChI=1S/C6H8O3/c1-4-2-3-5(7)6(8)9-4/h2,5,7H,3H2,1H3. The van der Waals surface area contributed by atoms with Crippen LogP contribution in [-0.4, -0.2) is 17.2 Å². The van der Waals surface area contributed by atoms with Crippen molar-refractivity contribution in [3.8, 4) is 0 Å². The van der Waals surface area contributed by atoms with E-state index in [1.54, 1.807) is 13.0 Å². The van der Waals surface area contributed by atoms with E-state index < -0.39 is 12.1 Å². The summed E-state index contributed by atoms with van der Waals surface area (Å²) >= 11 is 0. The van der Waals surface area contributed by atoms with Gasteiger partial charge in [-0.25, -0.2) is 4.79 Å². The van der Waals surface area contributed by atoms with E-state index in [4.69, 9.17) is 5.11 Å². The summed E-state index contributed by atoms with van der Waals surface area (Å²) in [6.07, 6.45) is 1.12. The molecule has 0 aromatic rings. The minimum absolute atomic E-state index is 0.380. The smallest absolute Gasteiger partial charge is 0.340 e. The Balaban J connectivity index is 2.65. The van der Waals surface area contributed by atoms with E-state index in [0.29, 0.717) is 12.2 Å². The molecule has 0 amide bonds. The van der Waals surface area contributed by atoms with E-state index in [1.807, 2.05) is 0 Å². The highest BCUT2D eigenvalue weighted by Gasteiger charge is 2.19. The Bertz CT molecular complexity index is 160. The molecule has 1 heterocycles. The van der Waals surface area contributed by atoms with Gasteiger partial charge in [-0.1, -0.05) is 0 Å². The molecule has 0 aromatic carbocycles. The summed E-state index contributed by atoms with van der Waals surface area (Å²) in [5, 5.41) is 8.78. The van der Waals surface area contributed by atoms with Crippen molar-refractivity contribution in [2.24, 2.45) is 0 Å². The largest absolute Gasteiger partial charge is 0.430 e. The predicted octanol–water partition coefficient (Wildman–Crippen LogP) is 0.198. The average Bonchev–Trinajstić information content (AvgIpc) is 1.80. The first-order chi connectivity index (χ1) is 4.20. The Morgan fingerprint density at radius 2 is 2.56 bits per heavy atom. The Hall–Kier alpha value is -0.830. The van der Waals surface area contributed by atoms with Crippen molar-refractivity contribution in [3.05, 3.63) is 11.8 Å². The Labute approximate surface area is 52.9 Å². The van der Waals surface area contributed by atoms with Gasteiger partial charge in [-0.2, -0.15) is 0 Å². The van der Waals surface area contributed by atoms with Crippen LogP contribution < -0.4 is 0 Å². The molecule has 0 aliphatic carbocycles. The molecule has 3 nitrogen and oxygen atoms in total. The minimum Gasteiger partial charge on any atom is -0.430 e. The summed E-state index contributed by atoms with van der Waals surface area (Å²) in [6.45, 7) is 1.68. The third kappa shape index (κ3) is 1.29. The highest BCUT2D eigenvalue weighted by atomic mass is 16.6. The molecule has 1 aliphatic rings. The summed E-state index contributed by atoms with van der Waals surface area (Å²) in [4.78, 5) is 10.5. The van der Waals surface area contributed by atoms with Gasteiger partial charge in [0.1, 0.15) is 5.76 Å². The van der Waals surface area contributed by atoms with E-state index in [2.05, 4.69) is 4.74 Å². The number of carbonyl (C=O) groups excluding carboxylic acids is 1. The average molecular weight is 128 g/mol. The molecule has 0 fully saturated rings. The number of aliphatic hydroxyl groups excluding tert-OH is 1. The second-order valence-corrected chi connectivity index (χ2v) is 1.99. The van der Waals surface area contributed by atoms with Crippen LogP contribution in [0.4, 0.5) is 0 Å². The van der Waals surface area contributed by atoms with Gasteiger partial charge < -0.3 is 9.84 Å². The zero-order valence-electron chi connectivity index (χ0n) is 5.13. The van der Waals surface area contributed by atoms with Crippen molar-refractivity contribution in [2.75, 3.05) is 0 Å². The molecule has 3 heteroatoms. The van der Waals surface area contributed by atoms with Gasteiger partial charge in [0.15, 0.2) is 6.10 Å². The summed E-state index contributed by atoms with van der Waals surface area (Å²) in [5.41, 5.74) is 0. The summed E-state index contributed by atoms with van der Waals surface area (Å²) in [5.74, 6) is 0.0281. The molecule has 0 bridgehead atoms. The second kappa shape index (κ2) is 2.19. The number of carbonyl (C=O) groups is 1. The van der Waals surface area contributed by atoms with Gasteiger partial charge in [-0.15, -0.1) is 0 Å². The number of hydrogen-bond donors (Lipinski definition) is 1. The van der Waals surface area contributed by atoms with Gasteiger partial charge >= 0.3 is 5.97 Å². The van der Waals surface area contributed by atoms with Crippen LogP contribution in [0.2, 0.25) is 0 Å². The Morgan fingerprint density at radius 1 is 1.89 bits per heavy atom. The van der Waals surface area contributed by atoms with E-state index in [9.17, 15) is 4.79 Å². The lowest BCUT2D eigenvalue weighted by Crippen LogP contribution is -2.25. The fraction of sp³-hybridized carbons (Fsp3) is 0.500. The first-order valence-corrected chi connectivity index (χ1v) is 2.76. The van der Waals surface area contributed by atoms with Crippen LogP contribution in [0.3, 0.4) is 0 Å². The zero-order chi connectivity index (χ0) is 6.85. The van der Waals surface area contributed by atoms with Crippen LogP contribution in [0.5, 0.6) is 0 Å². The topological polar surface area (TPSA) is 46.5 Å². The zero-order valence-corrected chi connectivity index (χ0v) is 5.13. The quantitative estimate of drug-likeness (QED) is 0.474. The van der Waals surface area contributed by atoms with Crippen molar-refractivity contribution in [2.45, 2.75) is 19.4 Å². The molecule has 1 N–H and O–H groups in total. The fourth-order valence-corrected chi connectivity index (χ4v) is 0.642. The van der Waals surface area contributed by atoms with Gasteiger partial charge in [0, 0.05) is 6.42 Å². The summed E-state index contributed by atoms with van der Waals surface area (Å²) in [6, 6.07) is 0. The normalized spacial score (nSPS) is 27.1. The van der Waals surface area contributed by atoms with Crippen LogP contribution in [-0.2, 0) is 9.53 Å². The molecular weight excluding hydrogens is 120 g/mol. The number of cyclic esters (lactones) is 1. The number of esters is 1. The molecule has 9 heavy (non-hydrogen) atoms. The van der Waals surface area contributed by atoms with Crippen molar-refractivity contribution in [1.29, 1.82) is 0 Å². The van der Waals surface area contributed by atoms with Crippen LogP contribution in [0.15, 0.2) is 11.8 Å². The molecule has 1 unspecified atom stereocenters. The van der Waals surface area contributed by atoms with Gasteiger partial charge in [0.05, 0.1) is 0 Å². The third-order valence-electron chi connectivity index (χ3n) is 1.16. The van der Waals surface area contributed by atoms with E-state index in [0.717, 1.165) is 0 Å². The second-order valence-electron chi connectivity index (χ2n) is 1.99. The highest BCUT2D eigenvalue weighted by Crippen LogP contribution is 2.10. The van der Waals surface area contributed by atoms with Gasteiger partial charge in [-0.3, -0.25) is 0 Å². The SMILES string of the molecule is CC1=CCC(O)C(=O)O1. The Morgan fingerprint density at radius 3 is 3.00 bits per heavy atom. The molecule has 1 aliphatic heterocycles. The number of hydrogen-bond acceptors (Lipinski definition) is 3. The third-order valence-corrected chi connectivity index (χ3v) is 1.16. The fourth-order valence-electron chi connectivity index (χ4n) is 0.642. The lowest BCUT2D eigenvalue weighted by Gasteiger charge is -2.13. The van der Waals surface area contributed by atoms with Gasteiger partial charge in [0.25, 0.3) is 0 Å². The van der Waals surface area contributed by atoms with Crippen molar-refractivity contribution >= 4 is 5.97 Å². The summed E-state index contributed by atoms with van der Waals surface area (Å²) < 4.78 is 4.57. The molecule has 50 valence electrons. The maximum atomic E-state index is 10.5. The van der Waals surface area contributed by atoms with Crippen molar-refractivity contribution in [3.63, 3.8) is 0 Å². The first kappa shape index (κ1) is 6.29. The van der Waals surface area contributed by atoms with E-state index >= 15 is 0 Å². The number of aliphatic hydroxyl groups is 1. The van der Waals surface area contributed by atoms with E-state index in [1.165, 1.54) is 0 Å². The number of rotatable bonds is 0. The van der Waals surface area contributed by atoms with Crippen molar-refractivity contribution in [1.82, 2.24) is 0 Å². The maximum absolute atomic E-state index is 10.5. The van der Waals surface area contributed by atoms with Gasteiger partial charge in [-0.05, 0) is 13.0 Å². The molecule has 0 aromatic heterocycles. The lowest BCUT2D eigenvalue weighted by molar-refractivity contribution is -0.150. The first-order valence-electron chi connectivity index (χ1n) is 2.76. The minimum atomic E-state index is -0.950. The van der Waals surface area contributed by atoms with Gasteiger partial charge in [0.2, 0.25) is 0 Å². The van der Waals surface area contributed by atoms with Crippen LogP contribution >= 0.6 is 0 Å². The lowest BCUT2D eigenvalue weighted by atomic mass is 10.2. The van der Waals surface area contributed by atoms with Crippen molar-refractivity contribution < 1.29 is 14.6 Å². The highest BCUT2D eigenvalue weighted by molar-refractivity contribution is 5.76. The molecule has 1 atom stereocenters.